The summed E-state index contributed by atoms with van der Waals surface area (Å²) in [5, 5.41) is 9.58. The van der Waals surface area contributed by atoms with Gasteiger partial charge in [0.15, 0.2) is 0 Å². The van der Waals surface area contributed by atoms with E-state index in [4.69, 9.17) is 0 Å². The molecular formula is C11H16N2O2. The fourth-order valence-electron chi connectivity index (χ4n) is 2.18. The van der Waals surface area contributed by atoms with Crippen LogP contribution in [0.3, 0.4) is 0 Å². The van der Waals surface area contributed by atoms with E-state index in [1.165, 1.54) is 0 Å². The summed E-state index contributed by atoms with van der Waals surface area (Å²) in [4.78, 5) is 16.7. The van der Waals surface area contributed by atoms with Gasteiger partial charge in [-0.1, -0.05) is 0 Å². The molecule has 0 spiro atoms. The maximum Gasteiger partial charge on any atom is 0.255 e. The number of nitrogens with one attached hydrogen (secondary N) is 1. The molecule has 2 heterocycles. The van der Waals surface area contributed by atoms with E-state index < -0.39 is 6.10 Å². The Hall–Kier alpha value is -1.29. The lowest BCUT2D eigenvalue weighted by atomic mass is 10.0. The number of rotatable bonds is 1. The highest BCUT2D eigenvalue weighted by Crippen LogP contribution is 2.29. The molecule has 0 aliphatic carbocycles. The number of nitrogens with zero attached hydrogens (tertiary/aromatic N) is 1. The molecule has 82 valence electrons. The molecule has 1 fully saturated rings. The van der Waals surface area contributed by atoms with Gasteiger partial charge in [-0.15, -0.1) is 0 Å². The molecule has 1 amide bonds. The summed E-state index contributed by atoms with van der Waals surface area (Å²) < 4.78 is 0. The van der Waals surface area contributed by atoms with Crippen molar-refractivity contribution in [3.05, 3.63) is 24.0 Å². The van der Waals surface area contributed by atoms with E-state index in [-0.39, 0.29) is 11.4 Å². The van der Waals surface area contributed by atoms with E-state index >= 15 is 0 Å². The Labute approximate surface area is 88.9 Å². The number of likely N-dealkylation sites (tertiary alicyclic amines) is 1. The molecule has 0 radical (unpaired) electrons. The molecule has 1 unspecified atom stereocenters. The highest BCUT2D eigenvalue weighted by molar-refractivity contribution is 5.94. The minimum absolute atomic E-state index is 0.0159. The van der Waals surface area contributed by atoms with Crippen molar-refractivity contribution < 1.29 is 9.90 Å². The van der Waals surface area contributed by atoms with E-state index in [1.54, 1.807) is 23.4 Å². The second-order valence-corrected chi connectivity index (χ2v) is 4.69. The number of carbonyl (C=O) groups is 1. The van der Waals surface area contributed by atoms with Crippen LogP contribution in [0.4, 0.5) is 0 Å². The quantitative estimate of drug-likeness (QED) is 0.723. The van der Waals surface area contributed by atoms with Crippen LogP contribution in [-0.2, 0) is 0 Å². The van der Waals surface area contributed by atoms with Gasteiger partial charge in [0.2, 0.25) is 0 Å². The first kappa shape index (κ1) is 10.2. The molecule has 4 heteroatoms. The maximum absolute atomic E-state index is 12.1. The number of hydrogen-bond acceptors (Lipinski definition) is 2. The molecule has 1 saturated heterocycles. The van der Waals surface area contributed by atoms with E-state index in [1.807, 2.05) is 13.8 Å². The summed E-state index contributed by atoms with van der Waals surface area (Å²) in [5.41, 5.74) is 0.394. The summed E-state index contributed by atoms with van der Waals surface area (Å²) in [5.74, 6) is -0.0159. The Kier molecular flexibility index (Phi) is 2.31. The van der Waals surface area contributed by atoms with Gasteiger partial charge < -0.3 is 15.0 Å². The molecule has 0 aromatic carbocycles. The molecule has 15 heavy (non-hydrogen) atoms. The predicted molar refractivity (Wildman–Crippen MR) is 56.5 cm³/mol. The first-order valence-corrected chi connectivity index (χ1v) is 5.13. The van der Waals surface area contributed by atoms with Gasteiger partial charge in [-0.2, -0.15) is 0 Å². The van der Waals surface area contributed by atoms with Crippen LogP contribution in [0.5, 0.6) is 0 Å². The molecule has 1 aliphatic rings. The molecule has 0 bridgehead atoms. The van der Waals surface area contributed by atoms with Crippen LogP contribution >= 0.6 is 0 Å². The van der Waals surface area contributed by atoms with Gasteiger partial charge in [-0.25, -0.2) is 0 Å². The van der Waals surface area contributed by atoms with Gasteiger partial charge in [0.25, 0.3) is 5.91 Å². The molecule has 2 rings (SSSR count). The van der Waals surface area contributed by atoms with Crippen LogP contribution in [0.15, 0.2) is 18.5 Å². The van der Waals surface area contributed by atoms with Gasteiger partial charge in [0, 0.05) is 24.5 Å². The van der Waals surface area contributed by atoms with Crippen LogP contribution in [0.1, 0.15) is 30.6 Å². The number of amides is 1. The molecular weight excluding hydrogens is 192 g/mol. The van der Waals surface area contributed by atoms with E-state index in [9.17, 15) is 9.90 Å². The molecule has 1 aromatic rings. The summed E-state index contributed by atoms with van der Waals surface area (Å²) in [6, 6.07) is 1.75. The minimum atomic E-state index is -0.400. The Morgan fingerprint density at radius 3 is 2.87 bits per heavy atom. The van der Waals surface area contributed by atoms with Crippen molar-refractivity contribution >= 4 is 5.91 Å². The highest BCUT2D eigenvalue weighted by atomic mass is 16.3. The Morgan fingerprint density at radius 2 is 2.40 bits per heavy atom. The van der Waals surface area contributed by atoms with Crippen LogP contribution in [0.25, 0.3) is 0 Å². The number of H-pyrrole nitrogens is 1. The lowest BCUT2D eigenvalue weighted by molar-refractivity contribution is 0.0641. The first-order valence-electron chi connectivity index (χ1n) is 5.13. The number of carbonyl (C=O) groups excluding carboxylic acids is 1. The number of hydrogen-bond donors (Lipinski definition) is 2. The summed E-state index contributed by atoms with van der Waals surface area (Å²) >= 11 is 0. The average molecular weight is 208 g/mol. The van der Waals surface area contributed by atoms with Crippen molar-refractivity contribution in [1.29, 1.82) is 0 Å². The van der Waals surface area contributed by atoms with Gasteiger partial charge in [-0.05, 0) is 26.3 Å². The monoisotopic (exact) mass is 208 g/mol. The molecule has 2 N–H and O–H groups in total. The normalized spacial score (nSPS) is 24.5. The van der Waals surface area contributed by atoms with Crippen molar-refractivity contribution in [1.82, 2.24) is 9.88 Å². The van der Waals surface area contributed by atoms with Gasteiger partial charge in [-0.3, -0.25) is 4.79 Å². The average Bonchev–Trinajstić information content (AvgIpc) is 2.71. The largest absolute Gasteiger partial charge is 0.391 e. The zero-order chi connectivity index (χ0) is 11.1. The lowest BCUT2D eigenvalue weighted by Crippen LogP contribution is -2.42. The first-order chi connectivity index (χ1) is 7.00. The van der Waals surface area contributed by atoms with Crippen molar-refractivity contribution in [3.8, 4) is 0 Å². The van der Waals surface area contributed by atoms with Gasteiger partial charge >= 0.3 is 0 Å². The summed E-state index contributed by atoms with van der Waals surface area (Å²) in [6.45, 7) is 4.39. The summed E-state index contributed by atoms with van der Waals surface area (Å²) in [6.07, 6.45) is 3.65. The third kappa shape index (κ3) is 1.77. The molecule has 1 aliphatic heterocycles. The third-order valence-corrected chi connectivity index (χ3v) is 2.95. The molecule has 1 atom stereocenters. The highest BCUT2D eigenvalue weighted by Gasteiger charge is 2.40. The van der Waals surface area contributed by atoms with E-state index in [0.717, 1.165) is 0 Å². The van der Waals surface area contributed by atoms with Crippen molar-refractivity contribution in [2.45, 2.75) is 31.9 Å². The molecule has 4 nitrogen and oxygen atoms in total. The van der Waals surface area contributed by atoms with E-state index in [2.05, 4.69) is 4.98 Å². The Bertz CT molecular complexity index is 357. The Morgan fingerprint density at radius 1 is 1.67 bits per heavy atom. The zero-order valence-electron chi connectivity index (χ0n) is 9.03. The number of β-amino-alcohol motifs (C(OH)–C–C–N with tert-alkyl or cyclic N) is 1. The summed E-state index contributed by atoms with van der Waals surface area (Å²) in [7, 11) is 0. The van der Waals surface area contributed by atoms with Gasteiger partial charge in [0.05, 0.1) is 11.7 Å². The second-order valence-electron chi connectivity index (χ2n) is 4.69. The molecule has 0 saturated carbocycles. The van der Waals surface area contributed by atoms with Crippen molar-refractivity contribution in [3.63, 3.8) is 0 Å². The SMILES string of the molecule is CC1(C)CC(O)CN1C(=O)c1cc[nH]c1. The van der Waals surface area contributed by atoms with Gasteiger partial charge in [0.1, 0.15) is 0 Å². The number of aromatic nitrogens is 1. The Balaban J connectivity index is 2.21. The number of aromatic amines is 1. The van der Waals surface area contributed by atoms with Crippen LogP contribution < -0.4 is 0 Å². The third-order valence-electron chi connectivity index (χ3n) is 2.95. The van der Waals surface area contributed by atoms with Crippen LogP contribution in [0.2, 0.25) is 0 Å². The smallest absolute Gasteiger partial charge is 0.255 e. The fraction of sp³-hybridized carbons (Fsp3) is 0.545. The zero-order valence-corrected chi connectivity index (χ0v) is 9.03. The number of aliphatic hydroxyl groups excluding tert-OH is 1. The maximum atomic E-state index is 12.1. The standard InChI is InChI=1S/C11H16N2O2/c1-11(2)5-9(14)7-13(11)10(15)8-3-4-12-6-8/h3-4,6,9,12,14H,5,7H2,1-2H3. The van der Waals surface area contributed by atoms with Crippen molar-refractivity contribution in [2.24, 2.45) is 0 Å². The van der Waals surface area contributed by atoms with Crippen LogP contribution in [-0.4, -0.2) is 39.1 Å². The van der Waals surface area contributed by atoms with Crippen LogP contribution in [0, 0.1) is 0 Å². The fourth-order valence-corrected chi connectivity index (χ4v) is 2.18. The van der Waals surface area contributed by atoms with Crippen molar-refractivity contribution in [2.75, 3.05) is 6.54 Å². The predicted octanol–water partition coefficient (Wildman–Crippen LogP) is 1.00. The lowest BCUT2D eigenvalue weighted by Gasteiger charge is -2.30. The molecule has 1 aromatic heterocycles. The number of aliphatic hydroxyl groups is 1. The minimum Gasteiger partial charge on any atom is -0.391 e. The topological polar surface area (TPSA) is 56.3 Å². The van der Waals surface area contributed by atoms with E-state index in [0.29, 0.717) is 18.5 Å². The second kappa shape index (κ2) is 3.38.